The number of carbonyl (C=O) groups is 1. The molecule has 2 N–H and O–H groups in total. The van der Waals surface area contributed by atoms with Crippen LogP contribution in [0.3, 0.4) is 0 Å². The van der Waals surface area contributed by atoms with Crippen molar-refractivity contribution in [2.45, 2.75) is 12.8 Å². The highest BCUT2D eigenvalue weighted by Gasteiger charge is 2.19. The van der Waals surface area contributed by atoms with Gasteiger partial charge in [0.2, 0.25) is 5.91 Å². The average Bonchev–Trinajstić information content (AvgIpc) is 2.91. The molecule has 1 aromatic carbocycles. The third kappa shape index (κ3) is 3.30. The number of hydrogen-bond acceptors (Lipinski definition) is 5. The number of rotatable bonds is 4. The number of nitrogens with one attached hydrogen (secondary N) is 2. The second-order valence-corrected chi connectivity index (χ2v) is 4.71. The molecule has 0 saturated carbocycles. The van der Waals surface area contributed by atoms with E-state index in [-0.39, 0.29) is 17.2 Å². The SMILES string of the molecule is N#Cc1cc([N+](=O)[O-])ccc1NC(=O)CC1CCNC1. The van der Waals surface area contributed by atoms with E-state index in [1.165, 1.54) is 12.1 Å². The molecule has 0 aliphatic carbocycles. The Morgan fingerprint density at radius 3 is 3.00 bits per heavy atom. The Kier molecular flexibility index (Phi) is 4.27. The monoisotopic (exact) mass is 274 g/mol. The summed E-state index contributed by atoms with van der Waals surface area (Å²) >= 11 is 0. The van der Waals surface area contributed by atoms with Crippen LogP contribution in [0.1, 0.15) is 18.4 Å². The lowest BCUT2D eigenvalue weighted by Gasteiger charge is -2.10. The normalized spacial score (nSPS) is 17.4. The first kappa shape index (κ1) is 14.0. The van der Waals surface area contributed by atoms with Crippen molar-refractivity contribution in [2.75, 3.05) is 18.4 Å². The fourth-order valence-corrected chi connectivity index (χ4v) is 2.20. The van der Waals surface area contributed by atoms with Crippen molar-refractivity contribution in [1.29, 1.82) is 5.26 Å². The summed E-state index contributed by atoms with van der Waals surface area (Å²) in [6, 6.07) is 5.68. The molecule has 1 amide bonds. The molecule has 0 aromatic heterocycles. The first-order chi connectivity index (χ1) is 9.60. The van der Waals surface area contributed by atoms with Gasteiger partial charge in [-0.25, -0.2) is 0 Å². The quantitative estimate of drug-likeness (QED) is 0.637. The minimum atomic E-state index is -0.573. The van der Waals surface area contributed by atoms with Gasteiger partial charge in [-0.3, -0.25) is 14.9 Å². The molecule has 1 unspecified atom stereocenters. The summed E-state index contributed by atoms with van der Waals surface area (Å²) in [7, 11) is 0. The van der Waals surface area contributed by atoms with Gasteiger partial charge in [0.15, 0.2) is 0 Å². The van der Waals surface area contributed by atoms with E-state index in [1.54, 1.807) is 0 Å². The van der Waals surface area contributed by atoms with Gasteiger partial charge in [0.1, 0.15) is 6.07 Å². The van der Waals surface area contributed by atoms with Crippen LogP contribution in [0.4, 0.5) is 11.4 Å². The number of nitro benzene ring substituents is 1. The Bertz CT molecular complexity index is 573. The van der Waals surface area contributed by atoms with E-state index >= 15 is 0 Å². The second kappa shape index (κ2) is 6.12. The second-order valence-electron chi connectivity index (χ2n) is 4.71. The highest BCUT2D eigenvalue weighted by Crippen LogP contribution is 2.22. The molecular formula is C13H14N4O3. The van der Waals surface area contributed by atoms with E-state index in [1.807, 2.05) is 6.07 Å². The third-order valence-corrected chi connectivity index (χ3v) is 3.24. The molecule has 1 fully saturated rings. The molecule has 1 saturated heterocycles. The van der Waals surface area contributed by atoms with Crippen molar-refractivity contribution in [3.63, 3.8) is 0 Å². The molecule has 1 aromatic rings. The highest BCUT2D eigenvalue weighted by molar-refractivity contribution is 5.92. The lowest BCUT2D eigenvalue weighted by atomic mass is 10.0. The Balaban J connectivity index is 2.06. The molecule has 7 nitrogen and oxygen atoms in total. The minimum Gasteiger partial charge on any atom is -0.325 e. The topological polar surface area (TPSA) is 108 Å². The van der Waals surface area contributed by atoms with Gasteiger partial charge in [-0.15, -0.1) is 0 Å². The fraction of sp³-hybridized carbons (Fsp3) is 0.385. The lowest BCUT2D eigenvalue weighted by Crippen LogP contribution is -2.18. The van der Waals surface area contributed by atoms with Crippen molar-refractivity contribution in [2.24, 2.45) is 5.92 Å². The molecular weight excluding hydrogens is 260 g/mol. The number of hydrogen-bond donors (Lipinski definition) is 2. The zero-order valence-electron chi connectivity index (χ0n) is 10.8. The van der Waals surface area contributed by atoms with E-state index in [0.29, 0.717) is 18.0 Å². The van der Waals surface area contributed by atoms with Crippen LogP contribution in [0.15, 0.2) is 18.2 Å². The predicted octanol–water partition coefficient (Wildman–Crippen LogP) is 1.40. The van der Waals surface area contributed by atoms with Crippen molar-refractivity contribution >= 4 is 17.3 Å². The molecule has 104 valence electrons. The van der Waals surface area contributed by atoms with Crippen LogP contribution in [-0.2, 0) is 4.79 Å². The standard InChI is InChI=1S/C13H14N4O3/c14-7-10-6-11(17(19)20)1-2-12(10)16-13(18)5-9-3-4-15-8-9/h1-2,6,9,15H,3-5,8H2,(H,16,18). The minimum absolute atomic E-state index is 0.0945. The molecule has 0 bridgehead atoms. The van der Waals surface area contributed by atoms with Gasteiger partial charge in [-0.2, -0.15) is 5.26 Å². The molecule has 20 heavy (non-hydrogen) atoms. The zero-order chi connectivity index (χ0) is 14.5. The maximum absolute atomic E-state index is 11.9. The van der Waals surface area contributed by atoms with Crippen molar-refractivity contribution in [1.82, 2.24) is 5.32 Å². The number of nitriles is 1. The van der Waals surface area contributed by atoms with Crippen LogP contribution in [0, 0.1) is 27.4 Å². The molecule has 1 aliphatic heterocycles. The molecule has 1 heterocycles. The van der Waals surface area contributed by atoms with Crippen LogP contribution < -0.4 is 10.6 Å². The third-order valence-electron chi connectivity index (χ3n) is 3.24. The van der Waals surface area contributed by atoms with Gasteiger partial charge in [0, 0.05) is 18.6 Å². The predicted molar refractivity (Wildman–Crippen MR) is 72.0 cm³/mol. The molecule has 1 atom stereocenters. The molecule has 2 rings (SSSR count). The van der Waals surface area contributed by atoms with Crippen molar-refractivity contribution in [3.8, 4) is 6.07 Å². The van der Waals surface area contributed by atoms with Gasteiger partial charge in [-0.1, -0.05) is 0 Å². The molecule has 0 spiro atoms. The number of anilines is 1. The van der Waals surface area contributed by atoms with Crippen molar-refractivity contribution < 1.29 is 9.72 Å². The molecule has 0 radical (unpaired) electrons. The van der Waals surface area contributed by atoms with Gasteiger partial charge in [-0.05, 0) is 31.5 Å². The first-order valence-electron chi connectivity index (χ1n) is 6.29. The van der Waals surface area contributed by atoms with Gasteiger partial charge in [0.05, 0.1) is 16.2 Å². The maximum atomic E-state index is 11.9. The van der Waals surface area contributed by atoms with Crippen LogP contribution in [0.5, 0.6) is 0 Å². The largest absolute Gasteiger partial charge is 0.325 e. The number of non-ortho nitro benzene ring substituents is 1. The maximum Gasteiger partial charge on any atom is 0.270 e. The Morgan fingerprint density at radius 2 is 2.40 bits per heavy atom. The summed E-state index contributed by atoms with van der Waals surface area (Å²) in [6.45, 7) is 1.73. The first-order valence-corrected chi connectivity index (χ1v) is 6.29. The van der Waals surface area contributed by atoms with Crippen LogP contribution in [0.25, 0.3) is 0 Å². The zero-order valence-corrected chi connectivity index (χ0v) is 10.8. The van der Waals surface area contributed by atoms with Gasteiger partial charge in [0.25, 0.3) is 5.69 Å². The smallest absolute Gasteiger partial charge is 0.270 e. The average molecular weight is 274 g/mol. The van der Waals surface area contributed by atoms with Crippen LogP contribution in [-0.4, -0.2) is 23.9 Å². The number of amides is 1. The van der Waals surface area contributed by atoms with E-state index in [4.69, 9.17) is 5.26 Å². The Labute approximate surface area is 115 Å². The number of benzene rings is 1. The summed E-state index contributed by atoms with van der Waals surface area (Å²) < 4.78 is 0. The summed E-state index contributed by atoms with van der Waals surface area (Å²) in [4.78, 5) is 21.9. The Hall–Kier alpha value is -2.46. The van der Waals surface area contributed by atoms with E-state index < -0.39 is 4.92 Å². The summed E-state index contributed by atoms with van der Waals surface area (Å²) in [5.74, 6) is 0.127. The molecule has 7 heteroatoms. The lowest BCUT2D eigenvalue weighted by molar-refractivity contribution is -0.384. The van der Waals surface area contributed by atoms with Crippen molar-refractivity contribution in [3.05, 3.63) is 33.9 Å². The summed E-state index contributed by atoms with van der Waals surface area (Å²) in [6.07, 6.45) is 1.34. The number of carbonyl (C=O) groups excluding carboxylic acids is 1. The molecule has 1 aliphatic rings. The van der Waals surface area contributed by atoms with Crippen LogP contribution >= 0.6 is 0 Å². The van der Waals surface area contributed by atoms with Gasteiger partial charge < -0.3 is 10.6 Å². The number of nitrogens with zero attached hydrogens (tertiary/aromatic N) is 2. The Morgan fingerprint density at radius 1 is 1.60 bits per heavy atom. The summed E-state index contributed by atoms with van der Waals surface area (Å²) in [5.41, 5.74) is 0.241. The van der Waals surface area contributed by atoms with E-state index in [0.717, 1.165) is 25.6 Å². The van der Waals surface area contributed by atoms with E-state index in [9.17, 15) is 14.9 Å². The highest BCUT2D eigenvalue weighted by atomic mass is 16.6. The fourth-order valence-electron chi connectivity index (χ4n) is 2.20. The van der Waals surface area contributed by atoms with Gasteiger partial charge >= 0.3 is 0 Å². The number of nitro groups is 1. The summed E-state index contributed by atoms with van der Waals surface area (Å²) in [5, 5.41) is 25.4. The van der Waals surface area contributed by atoms with Crippen LogP contribution in [0.2, 0.25) is 0 Å². The van der Waals surface area contributed by atoms with E-state index in [2.05, 4.69) is 10.6 Å².